The molecule has 1 aromatic heterocycles. The number of nitrogens with zero attached hydrogens (tertiary/aromatic N) is 1. The molecular weight excluding hydrogens is 452 g/mol. The molecular formula is C30H34N2O2S. The highest BCUT2D eigenvalue weighted by Crippen LogP contribution is 2.37. The third kappa shape index (κ3) is 5.60. The molecule has 1 unspecified atom stereocenters. The average Bonchev–Trinajstić information content (AvgIpc) is 3.26. The fraction of sp³-hybridized carbons (Fsp3) is 0.400. The van der Waals surface area contributed by atoms with Crippen molar-refractivity contribution in [3.8, 4) is 11.8 Å². The molecule has 1 saturated carbocycles. The molecule has 0 bridgehead atoms. The normalized spacial score (nSPS) is 15.2. The third-order valence-electron chi connectivity index (χ3n) is 6.73. The van der Waals surface area contributed by atoms with E-state index in [4.69, 9.17) is 0 Å². The Bertz CT molecular complexity index is 1250. The first-order valence-corrected chi connectivity index (χ1v) is 13.3. The van der Waals surface area contributed by atoms with Gasteiger partial charge in [-0.1, -0.05) is 76.3 Å². The number of carbonyl (C=O) groups is 2. The fourth-order valence-electron chi connectivity index (χ4n) is 4.81. The maximum Gasteiger partial charge on any atom is 0.303 e. The van der Waals surface area contributed by atoms with Crippen LogP contribution in [0, 0.1) is 11.8 Å². The lowest BCUT2D eigenvalue weighted by Crippen LogP contribution is -2.47. The summed E-state index contributed by atoms with van der Waals surface area (Å²) < 4.78 is 1.09. The smallest absolute Gasteiger partial charge is 0.303 e. The Kier molecular flexibility index (Phi) is 7.62. The van der Waals surface area contributed by atoms with Crippen LogP contribution in [0.15, 0.2) is 53.9 Å². The number of fused-ring (bicyclic) bond motifs is 1. The molecule has 0 radical (unpaired) electrons. The van der Waals surface area contributed by atoms with E-state index in [0.29, 0.717) is 5.69 Å². The van der Waals surface area contributed by atoms with E-state index in [0.717, 1.165) is 41.3 Å². The van der Waals surface area contributed by atoms with Gasteiger partial charge >= 0.3 is 5.91 Å². The van der Waals surface area contributed by atoms with Gasteiger partial charge in [0.05, 0.1) is 0 Å². The molecule has 2 amide bonds. The van der Waals surface area contributed by atoms with E-state index < -0.39 is 6.04 Å². The molecule has 2 aromatic carbocycles. The highest BCUT2D eigenvalue weighted by Gasteiger charge is 2.35. The van der Waals surface area contributed by atoms with Crippen molar-refractivity contribution in [1.82, 2.24) is 5.32 Å². The first-order chi connectivity index (χ1) is 16.8. The zero-order valence-electron chi connectivity index (χ0n) is 21.1. The van der Waals surface area contributed by atoms with E-state index >= 15 is 0 Å². The highest BCUT2D eigenvalue weighted by atomic mass is 32.1. The van der Waals surface area contributed by atoms with Gasteiger partial charge in [-0.15, -0.1) is 11.3 Å². The number of thiophene rings is 1. The summed E-state index contributed by atoms with van der Waals surface area (Å²) in [5.74, 6) is 4.91. The molecule has 0 spiro atoms. The highest BCUT2D eigenvalue weighted by molar-refractivity contribution is 7.17. The van der Waals surface area contributed by atoms with E-state index in [2.05, 4.69) is 44.0 Å². The first kappa shape index (κ1) is 25.0. The third-order valence-corrected chi connectivity index (χ3v) is 7.71. The zero-order chi connectivity index (χ0) is 25.0. The molecule has 35 heavy (non-hydrogen) atoms. The van der Waals surface area contributed by atoms with Crippen molar-refractivity contribution in [2.45, 2.75) is 77.3 Å². The average molecular weight is 487 g/mol. The lowest BCUT2D eigenvalue weighted by molar-refractivity contribution is -0.125. The van der Waals surface area contributed by atoms with Crippen LogP contribution in [0.3, 0.4) is 0 Å². The number of anilines is 1. The maximum atomic E-state index is 14.0. The first-order valence-electron chi connectivity index (χ1n) is 12.4. The van der Waals surface area contributed by atoms with Crippen LogP contribution >= 0.6 is 11.3 Å². The number of amides is 2. The number of rotatable bonds is 5. The lowest BCUT2D eigenvalue weighted by atomic mass is 9.87. The van der Waals surface area contributed by atoms with Crippen LogP contribution in [0.2, 0.25) is 0 Å². The van der Waals surface area contributed by atoms with Crippen LogP contribution < -0.4 is 10.2 Å². The number of nitrogens with one attached hydrogen (secondary N) is 1. The molecule has 0 aliphatic heterocycles. The van der Waals surface area contributed by atoms with Gasteiger partial charge in [-0.3, -0.25) is 14.5 Å². The Morgan fingerprint density at radius 2 is 1.71 bits per heavy atom. The van der Waals surface area contributed by atoms with Crippen molar-refractivity contribution in [2.75, 3.05) is 4.90 Å². The predicted octanol–water partition coefficient (Wildman–Crippen LogP) is 6.75. The number of hydrogen-bond donors (Lipinski definition) is 1. The molecule has 4 nitrogen and oxygen atoms in total. The lowest BCUT2D eigenvalue weighted by Gasteiger charge is -2.32. The summed E-state index contributed by atoms with van der Waals surface area (Å²) in [4.78, 5) is 29.0. The van der Waals surface area contributed by atoms with E-state index in [1.54, 1.807) is 23.2 Å². The fourth-order valence-corrected chi connectivity index (χ4v) is 5.79. The standard InChI is InChI=1S/C30H34N2O2S/c1-5-11-27(33)32(23-18-16-21(17-19-23)30(2,3)4)28(29(34)31-22-12-7-6-8-13-22)25-20-35-26-15-10-9-14-24(25)26/h9-10,14-20,22,28H,6-8,12-13H2,1-4H3,(H,31,34). The molecule has 1 aliphatic carbocycles. The molecule has 0 saturated heterocycles. The van der Waals surface area contributed by atoms with Gasteiger partial charge in [-0.25, -0.2) is 0 Å². The Balaban J connectivity index is 1.82. The molecule has 182 valence electrons. The minimum absolute atomic E-state index is 0.0160. The summed E-state index contributed by atoms with van der Waals surface area (Å²) in [6.07, 6.45) is 5.41. The van der Waals surface area contributed by atoms with Crippen molar-refractivity contribution in [3.05, 3.63) is 65.0 Å². The summed E-state index contributed by atoms with van der Waals surface area (Å²) in [7, 11) is 0. The van der Waals surface area contributed by atoms with E-state index in [1.807, 2.05) is 47.8 Å². The van der Waals surface area contributed by atoms with Crippen molar-refractivity contribution in [1.29, 1.82) is 0 Å². The Hall–Kier alpha value is -3.10. The van der Waals surface area contributed by atoms with Crippen molar-refractivity contribution < 1.29 is 9.59 Å². The molecule has 1 heterocycles. The second-order valence-electron chi connectivity index (χ2n) is 10.3. The van der Waals surface area contributed by atoms with Gasteiger partial charge in [0.25, 0.3) is 0 Å². The van der Waals surface area contributed by atoms with Crippen LogP contribution in [0.4, 0.5) is 5.69 Å². The van der Waals surface area contributed by atoms with Gasteiger partial charge in [-0.05, 0) is 65.6 Å². The van der Waals surface area contributed by atoms with E-state index in [1.165, 1.54) is 12.0 Å². The van der Waals surface area contributed by atoms with Gasteiger partial charge in [0.1, 0.15) is 6.04 Å². The summed E-state index contributed by atoms with van der Waals surface area (Å²) in [5.41, 5.74) is 2.66. The molecule has 1 atom stereocenters. The molecule has 1 fully saturated rings. The topological polar surface area (TPSA) is 49.4 Å². The molecule has 4 rings (SSSR count). The minimum Gasteiger partial charge on any atom is -0.351 e. The van der Waals surface area contributed by atoms with Gasteiger partial charge in [-0.2, -0.15) is 0 Å². The summed E-state index contributed by atoms with van der Waals surface area (Å²) in [5, 5.41) is 6.29. The quantitative estimate of drug-likeness (QED) is 0.406. The summed E-state index contributed by atoms with van der Waals surface area (Å²) in [6.45, 7) is 8.12. The Morgan fingerprint density at radius 3 is 2.37 bits per heavy atom. The second-order valence-corrected chi connectivity index (χ2v) is 11.2. The maximum absolute atomic E-state index is 14.0. The SMILES string of the molecule is CC#CC(=O)N(c1ccc(C(C)(C)C)cc1)C(C(=O)NC1CCCCC1)c1csc2ccccc12. The van der Waals surface area contributed by atoms with Crippen molar-refractivity contribution >= 4 is 38.9 Å². The van der Waals surface area contributed by atoms with Crippen LogP contribution in [0.25, 0.3) is 10.1 Å². The van der Waals surface area contributed by atoms with Crippen molar-refractivity contribution in [3.63, 3.8) is 0 Å². The van der Waals surface area contributed by atoms with E-state index in [9.17, 15) is 9.59 Å². The second kappa shape index (κ2) is 10.7. The van der Waals surface area contributed by atoms with Crippen LogP contribution in [-0.4, -0.2) is 17.9 Å². The number of benzene rings is 2. The molecule has 5 heteroatoms. The van der Waals surface area contributed by atoms with Crippen molar-refractivity contribution in [2.24, 2.45) is 0 Å². The van der Waals surface area contributed by atoms with Gasteiger partial charge in [0.2, 0.25) is 5.91 Å². The van der Waals surface area contributed by atoms with Crippen LogP contribution in [0.5, 0.6) is 0 Å². The number of hydrogen-bond acceptors (Lipinski definition) is 3. The predicted molar refractivity (Wildman–Crippen MR) is 146 cm³/mol. The molecule has 1 aliphatic rings. The summed E-state index contributed by atoms with van der Waals surface area (Å²) >= 11 is 1.60. The molecule has 1 N–H and O–H groups in total. The summed E-state index contributed by atoms with van der Waals surface area (Å²) in [6, 6.07) is 15.3. The largest absolute Gasteiger partial charge is 0.351 e. The van der Waals surface area contributed by atoms with E-state index in [-0.39, 0.29) is 23.3 Å². The van der Waals surface area contributed by atoms with Gasteiger partial charge in [0.15, 0.2) is 0 Å². The minimum atomic E-state index is -0.804. The number of carbonyl (C=O) groups excluding carboxylic acids is 2. The van der Waals surface area contributed by atoms with Gasteiger partial charge < -0.3 is 5.32 Å². The molecule has 3 aromatic rings. The van der Waals surface area contributed by atoms with Crippen LogP contribution in [-0.2, 0) is 15.0 Å². The van der Waals surface area contributed by atoms with Crippen LogP contribution in [0.1, 0.15) is 77.0 Å². The zero-order valence-corrected chi connectivity index (χ0v) is 21.9. The Labute approximate surface area is 212 Å². The van der Waals surface area contributed by atoms with Gasteiger partial charge in [0, 0.05) is 22.0 Å². The Morgan fingerprint density at radius 1 is 1.03 bits per heavy atom. The monoisotopic (exact) mass is 486 g/mol.